The minimum atomic E-state index is -1.48. The number of amides is 1. The number of carbonyl (C=O) groups excluding carboxylic acids is 2. The van der Waals surface area contributed by atoms with Crippen LogP contribution >= 0.6 is 46.4 Å². The van der Waals surface area contributed by atoms with E-state index in [1.807, 2.05) is 0 Å². The fourth-order valence-corrected chi connectivity index (χ4v) is 4.98. The van der Waals surface area contributed by atoms with Crippen molar-refractivity contribution in [3.05, 3.63) is 98.8 Å². The molecule has 1 N–H and O–H groups in total. The molecule has 3 aromatic carbocycles. The molecule has 2 atom stereocenters. The molecule has 0 heterocycles. The first-order chi connectivity index (χ1) is 16.0. The summed E-state index contributed by atoms with van der Waals surface area (Å²) < 4.78 is 39.7. The second-order valence-corrected chi connectivity index (χ2v) is 10.1. The summed E-state index contributed by atoms with van der Waals surface area (Å²) in [6.45, 7) is 0. The number of rotatable bonds is 6. The van der Waals surface area contributed by atoms with Crippen LogP contribution in [0.2, 0.25) is 10.0 Å². The smallest absolute Gasteiger partial charge is 0.231 e. The minimum absolute atomic E-state index is 0.0609. The second kappa shape index (κ2) is 9.42. The zero-order valence-corrected chi connectivity index (χ0v) is 20.0. The molecule has 0 spiro atoms. The van der Waals surface area contributed by atoms with E-state index in [-0.39, 0.29) is 27.7 Å². The molecule has 4 rings (SSSR count). The second-order valence-electron chi connectivity index (χ2n) is 7.84. The van der Waals surface area contributed by atoms with Gasteiger partial charge in [0, 0.05) is 18.0 Å². The summed E-state index contributed by atoms with van der Waals surface area (Å²) in [5.74, 6) is -4.83. The van der Waals surface area contributed by atoms with Crippen LogP contribution in [0, 0.1) is 23.4 Å². The van der Waals surface area contributed by atoms with Gasteiger partial charge in [-0.1, -0.05) is 41.4 Å². The molecule has 2 unspecified atom stereocenters. The van der Waals surface area contributed by atoms with Gasteiger partial charge in [-0.3, -0.25) is 9.59 Å². The Labute approximate surface area is 212 Å². The number of ketones is 1. The van der Waals surface area contributed by atoms with Crippen LogP contribution in [0.1, 0.15) is 27.4 Å². The maximum atomic E-state index is 14.6. The van der Waals surface area contributed by atoms with E-state index in [0.717, 1.165) is 18.2 Å². The van der Waals surface area contributed by atoms with Crippen LogP contribution in [-0.4, -0.2) is 16.0 Å². The predicted octanol–water partition coefficient (Wildman–Crippen LogP) is 7.36. The highest BCUT2D eigenvalue weighted by Crippen LogP contribution is 2.65. The van der Waals surface area contributed by atoms with Gasteiger partial charge in [0.05, 0.1) is 21.5 Å². The number of benzene rings is 3. The van der Waals surface area contributed by atoms with Gasteiger partial charge in [0.25, 0.3) is 0 Å². The lowest BCUT2D eigenvalue weighted by molar-refractivity contribution is -0.117. The fraction of sp³-hybridized carbons (Fsp3) is 0.167. The summed E-state index contributed by atoms with van der Waals surface area (Å²) in [5.41, 5.74) is 0.673. The summed E-state index contributed by atoms with van der Waals surface area (Å²) in [6, 6.07) is 11.4. The monoisotopic (exact) mass is 545 g/mol. The van der Waals surface area contributed by atoms with Gasteiger partial charge in [-0.15, -0.1) is 23.2 Å². The third kappa shape index (κ3) is 4.91. The van der Waals surface area contributed by atoms with E-state index < -0.39 is 45.3 Å². The molecule has 0 aliphatic heterocycles. The largest absolute Gasteiger partial charge is 0.326 e. The highest BCUT2D eigenvalue weighted by Gasteiger charge is 2.67. The number of hydrogen-bond donors (Lipinski definition) is 1. The first-order valence-electron chi connectivity index (χ1n) is 9.89. The Bertz CT molecular complexity index is 1300. The maximum Gasteiger partial charge on any atom is 0.231 e. The van der Waals surface area contributed by atoms with Crippen molar-refractivity contribution < 1.29 is 22.8 Å². The number of carbonyl (C=O) groups is 2. The Balaban J connectivity index is 1.54. The molecule has 3 nitrogen and oxygen atoms in total. The van der Waals surface area contributed by atoms with Crippen molar-refractivity contribution in [3.8, 4) is 0 Å². The van der Waals surface area contributed by atoms with E-state index in [2.05, 4.69) is 5.32 Å². The number of anilines is 1. The first kappa shape index (κ1) is 24.9. The Hall–Kier alpha value is -2.25. The molecule has 0 radical (unpaired) electrons. The van der Waals surface area contributed by atoms with Gasteiger partial charge in [0.1, 0.15) is 16.0 Å². The number of nitrogens with one attached hydrogen (secondary N) is 1. The molecule has 1 aliphatic carbocycles. The van der Waals surface area contributed by atoms with Gasteiger partial charge >= 0.3 is 0 Å². The summed E-state index contributed by atoms with van der Waals surface area (Å²) in [4.78, 5) is 25.5. The SMILES string of the molecule is O=C(Cc1ccc(F)cc1)c1cc(NC(=O)C2C(c3ccc(F)c(Cl)c3)C2(Cl)Cl)cc(Cl)c1F. The van der Waals surface area contributed by atoms with Gasteiger partial charge in [-0.05, 0) is 47.5 Å². The van der Waals surface area contributed by atoms with Crippen molar-refractivity contribution >= 4 is 63.8 Å². The van der Waals surface area contributed by atoms with E-state index >= 15 is 0 Å². The van der Waals surface area contributed by atoms with Gasteiger partial charge in [0.15, 0.2) is 11.6 Å². The molecule has 34 heavy (non-hydrogen) atoms. The average Bonchev–Trinajstić information content (AvgIpc) is 3.36. The molecule has 1 aliphatic rings. The van der Waals surface area contributed by atoms with Crippen LogP contribution in [0.25, 0.3) is 0 Å². The normalized spacial score (nSPS) is 18.4. The summed E-state index contributed by atoms with van der Waals surface area (Å²) in [6.07, 6.45) is -0.201. The lowest BCUT2D eigenvalue weighted by Gasteiger charge is -2.10. The molecule has 1 fully saturated rings. The highest BCUT2D eigenvalue weighted by atomic mass is 35.5. The first-order valence-corrected chi connectivity index (χ1v) is 11.4. The van der Waals surface area contributed by atoms with Crippen LogP contribution < -0.4 is 5.32 Å². The zero-order valence-electron chi connectivity index (χ0n) is 17.0. The summed E-state index contributed by atoms with van der Waals surface area (Å²) in [7, 11) is 0. The van der Waals surface area contributed by atoms with Crippen molar-refractivity contribution in [2.24, 2.45) is 5.92 Å². The van der Waals surface area contributed by atoms with Crippen molar-refractivity contribution in [1.29, 1.82) is 0 Å². The molecule has 0 saturated heterocycles. The van der Waals surface area contributed by atoms with Gasteiger partial charge < -0.3 is 5.32 Å². The average molecular weight is 547 g/mol. The van der Waals surface area contributed by atoms with Crippen molar-refractivity contribution in [2.45, 2.75) is 16.7 Å². The molecular formula is C24H14Cl4F3NO2. The van der Waals surface area contributed by atoms with E-state index in [9.17, 15) is 22.8 Å². The van der Waals surface area contributed by atoms with Gasteiger partial charge in [-0.2, -0.15) is 0 Å². The fourth-order valence-electron chi connectivity index (χ4n) is 3.74. The summed E-state index contributed by atoms with van der Waals surface area (Å²) in [5, 5.41) is 2.04. The maximum absolute atomic E-state index is 14.6. The van der Waals surface area contributed by atoms with Crippen LogP contribution in [0.3, 0.4) is 0 Å². The number of halogens is 7. The van der Waals surface area contributed by atoms with Crippen molar-refractivity contribution in [3.63, 3.8) is 0 Å². The molecule has 3 aromatic rings. The highest BCUT2D eigenvalue weighted by molar-refractivity contribution is 6.53. The molecule has 1 amide bonds. The Morgan fingerprint density at radius 1 is 0.912 bits per heavy atom. The van der Waals surface area contributed by atoms with Crippen LogP contribution in [-0.2, 0) is 11.2 Å². The van der Waals surface area contributed by atoms with Crippen LogP contribution in [0.5, 0.6) is 0 Å². The minimum Gasteiger partial charge on any atom is -0.326 e. The molecular weight excluding hydrogens is 533 g/mol. The molecule has 0 aromatic heterocycles. The van der Waals surface area contributed by atoms with Crippen molar-refractivity contribution in [1.82, 2.24) is 0 Å². The number of alkyl halides is 2. The van der Waals surface area contributed by atoms with E-state index in [1.54, 1.807) is 0 Å². The Morgan fingerprint density at radius 3 is 2.24 bits per heavy atom. The third-order valence-electron chi connectivity index (χ3n) is 5.51. The standard InChI is InChI=1S/C24H14Cl4F3NO2/c25-16-8-12(3-6-18(16)30)20-21(24(20,27)28)23(34)32-14-9-15(22(31)17(26)10-14)19(33)7-11-1-4-13(29)5-2-11/h1-6,8-10,20-21H,7H2,(H,32,34). The Kier molecular flexibility index (Phi) is 6.89. The van der Waals surface area contributed by atoms with Crippen LogP contribution in [0.4, 0.5) is 18.9 Å². The van der Waals surface area contributed by atoms with Gasteiger partial charge in [-0.25, -0.2) is 13.2 Å². The topological polar surface area (TPSA) is 46.2 Å². The third-order valence-corrected chi connectivity index (χ3v) is 7.02. The van der Waals surface area contributed by atoms with Crippen LogP contribution in [0.15, 0.2) is 54.6 Å². The van der Waals surface area contributed by atoms with E-state index in [4.69, 9.17) is 46.4 Å². The molecule has 10 heteroatoms. The Morgan fingerprint density at radius 2 is 1.59 bits per heavy atom. The number of hydrogen-bond acceptors (Lipinski definition) is 2. The quantitative estimate of drug-likeness (QED) is 0.259. The van der Waals surface area contributed by atoms with E-state index in [0.29, 0.717) is 11.1 Å². The predicted molar refractivity (Wildman–Crippen MR) is 127 cm³/mol. The van der Waals surface area contributed by atoms with E-state index in [1.165, 1.54) is 36.4 Å². The lowest BCUT2D eigenvalue weighted by Crippen LogP contribution is -2.18. The molecule has 0 bridgehead atoms. The number of Topliss-reactive ketones (excluding diaryl/α,β-unsaturated/α-hetero) is 1. The lowest BCUT2D eigenvalue weighted by atomic mass is 10.0. The van der Waals surface area contributed by atoms with Gasteiger partial charge in [0.2, 0.25) is 5.91 Å². The summed E-state index contributed by atoms with van der Waals surface area (Å²) >= 11 is 24.4. The van der Waals surface area contributed by atoms with Crippen molar-refractivity contribution in [2.75, 3.05) is 5.32 Å². The zero-order chi connectivity index (χ0) is 24.8. The molecule has 1 saturated carbocycles. The molecule has 176 valence electrons.